The molecule has 0 spiro atoms. The van der Waals surface area contributed by atoms with Crippen molar-refractivity contribution >= 4 is 21.5 Å². The van der Waals surface area contributed by atoms with Gasteiger partial charge in [0.05, 0.1) is 12.3 Å². The standard InChI is InChI=1S/C9H15N3OS/c1-6-2-7(13)5-12(4-6)9-11-3-8(10)14-9/h3,6-7,13H,2,4-5,10H2,1H3. The van der Waals surface area contributed by atoms with Gasteiger partial charge in [-0.15, -0.1) is 0 Å². The third kappa shape index (κ3) is 1.99. The fourth-order valence-corrected chi connectivity index (χ4v) is 2.60. The predicted octanol–water partition coefficient (Wildman–Crippen LogP) is 0.932. The van der Waals surface area contributed by atoms with Crippen LogP contribution in [0.3, 0.4) is 0 Å². The first kappa shape index (κ1) is 9.73. The number of aliphatic hydroxyl groups is 1. The summed E-state index contributed by atoms with van der Waals surface area (Å²) in [7, 11) is 0. The van der Waals surface area contributed by atoms with Crippen molar-refractivity contribution in [2.75, 3.05) is 23.7 Å². The maximum Gasteiger partial charge on any atom is 0.187 e. The number of nitrogen functional groups attached to an aromatic ring is 1. The number of nitrogens with zero attached hydrogens (tertiary/aromatic N) is 2. The van der Waals surface area contributed by atoms with Crippen LogP contribution in [0.5, 0.6) is 0 Å². The van der Waals surface area contributed by atoms with E-state index in [-0.39, 0.29) is 6.10 Å². The Bertz CT molecular complexity index is 305. The predicted molar refractivity (Wildman–Crippen MR) is 58.5 cm³/mol. The first-order valence-corrected chi connectivity index (χ1v) is 5.61. The van der Waals surface area contributed by atoms with Crippen LogP contribution in [-0.4, -0.2) is 29.3 Å². The van der Waals surface area contributed by atoms with Crippen LogP contribution < -0.4 is 10.6 Å². The first-order valence-electron chi connectivity index (χ1n) is 4.79. The fraction of sp³-hybridized carbons (Fsp3) is 0.667. The van der Waals surface area contributed by atoms with Gasteiger partial charge in [-0.1, -0.05) is 18.3 Å². The van der Waals surface area contributed by atoms with E-state index in [0.29, 0.717) is 12.5 Å². The molecule has 1 saturated heterocycles. The molecule has 0 amide bonds. The maximum atomic E-state index is 9.62. The van der Waals surface area contributed by atoms with Gasteiger partial charge in [-0.2, -0.15) is 0 Å². The van der Waals surface area contributed by atoms with Crippen molar-refractivity contribution in [3.8, 4) is 0 Å². The summed E-state index contributed by atoms with van der Waals surface area (Å²) in [5.74, 6) is 0.517. The Morgan fingerprint density at radius 1 is 1.64 bits per heavy atom. The minimum atomic E-state index is -0.233. The van der Waals surface area contributed by atoms with Crippen molar-refractivity contribution < 1.29 is 5.11 Å². The van der Waals surface area contributed by atoms with Crippen molar-refractivity contribution in [2.24, 2.45) is 5.92 Å². The molecule has 0 saturated carbocycles. The molecule has 1 aliphatic rings. The van der Waals surface area contributed by atoms with E-state index in [1.165, 1.54) is 11.3 Å². The summed E-state index contributed by atoms with van der Waals surface area (Å²) >= 11 is 1.48. The second-order valence-electron chi connectivity index (χ2n) is 3.94. The first-order chi connectivity index (χ1) is 6.65. The molecule has 78 valence electrons. The van der Waals surface area contributed by atoms with Gasteiger partial charge in [0.25, 0.3) is 0 Å². The molecule has 0 aliphatic carbocycles. The number of hydrogen-bond donors (Lipinski definition) is 2. The molecule has 1 aromatic rings. The number of β-amino-alcohol motifs (C(OH)–C–C–N with tert-alkyl or cyclic N) is 1. The molecule has 0 radical (unpaired) electrons. The number of nitrogens with two attached hydrogens (primary N) is 1. The van der Waals surface area contributed by atoms with Crippen LogP contribution in [0.15, 0.2) is 6.20 Å². The Kier molecular flexibility index (Phi) is 2.60. The monoisotopic (exact) mass is 213 g/mol. The summed E-state index contributed by atoms with van der Waals surface area (Å²) in [5, 5.41) is 11.3. The van der Waals surface area contributed by atoms with Gasteiger partial charge in [-0.3, -0.25) is 0 Å². The lowest BCUT2D eigenvalue weighted by Crippen LogP contribution is -2.42. The smallest absolute Gasteiger partial charge is 0.187 e. The Morgan fingerprint density at radius 2 is 2.43 bits per heavy atom. The highest BCUT2D eigenvalue weighted by atomic mass is 32.1. The van der Waals surface area contributed by atoms with E-state index in [4.69, 9.17) is 5.73 Å². The Labute approximate surface area is 87.4 Å². The van der Waals surface area contributed by atoms with Crippen LogP contribution >= 0.6 is 11.3 Å². The molecule has 4 nitrogen and oxygen atoms in total. The third-order valence-corrected chi connectivity index (χ3v) is 3.31. The molecule has 2 atom stereocenters. The van der Waals surface area contributed by atoms with E-state index in [9.17, 15) is 5.11 Å². The Morgan fingerprint density at radius 3 is 3.00 bits per heavy atom. The van der Waals surface area contributed by atoms with Crippen molar-refractivity contribution in [1.82, 2.24) is 4.98 Å². The lowest BCUT2D eigenvalue weighted by Gasteiger charge is -2.33. The zero-order valence-electron chi connectivity index (χ0n) is 8.18. The molecular weight excluding hydrogens is 198 g/mol. The fourth-order valence-electron chi connectivity index (χ4n) is 1.90. The molecule has 14 heavy (non-hydrogen) atoms. The number of aliphatic hydroxyl groups excluding tert-OH is 1. The van der Waals surface area contributed by atoms with Crippen molar-refractivity contribution in [3.63, 3.8) is 0 Å². The molecule has 1 fully saturated rings. The number of anilines is 2. The molecule has 2 heterocycles. The molecular formula is C9H15N3OS. The van der Waals surface area contributed by atoms with Gasteiger partial charge in [-0.05, 0) is 12.3 Å². The number of rotatable bonds is 1. The van der Waals surface area contributed by atoms with Gasteiger partial charge in [0.1, 0.15) is 5.00 Å². The van der Waals surface area contributed by atoms with Crippen molar-refractivity contribution in [3.05, 3.63) is 6.20 Å². The Hall–Kier alpha value is -0.810. The van der Waals surface area contributed by atoms with Crippen molar-refractivity contribution in [1.29, 1.82) is 0 Å². The minimum Gasteiger partial charge on any atom is -0.391 e. The van der Waals surface area contributed by atoms with E-state index in [2.05, 4.69) is 16.8 Å². The van der Waals surface area contributed by atoms with Crippen LogP contribution in [0.2, 0.25) is 0 Å². The van der Waals surface area contributed by atoms with Gasteiger partial charge < -0.3 is 15.7 Å². The molecule has 0 bridgehead atoms. The van der Waals surface area contributed by atoms with Crippen LogP contribution in [0, 0.1) is 5.92 Å². The summed E-state index contributed by atoms with van der Waals surface area (Å²) in [6, 6.07) is 0. The normalized spacial score (nSPS) is 28.0. The highest BCUT2D eigenvalue weighted by Crippen LogP contribution is 2.28. The van der Waals surface area contributed by atoms with Crippen LogP contribution in [-0.2, 0) is 0 Å². The van der Waals surface area contributed by atoms with Crippen molar-refractivity contribution in [2.45, 2.75) is 19.4 Å². The molecule has 1 aromatic heterocycles. The SMILES string of the molecule is CC1CC(O)CN(c2ncc(N)s2)C1. The quantitative estimate of drug-likeness (QED) is 0.728. The van der Waals surface area contributed by atoms with E-state index >= 15 is 0 Å². The number of thiazole rings is 1. The van der Waals surface area contributed by atoms with Gasteiger partial charge in [0.15, 0.2) is 5.13 Å². The van der Waals surface area contributed by atoms with Gasteiger partial charge in [0, 0.05) is 13.1 Å². The summed E-state index contributed by atoms with van der Waals surface area (Å²) in [6.45, 7) is 3.79. The minimum absolute atomic E-state index is 0.233. The maximum absolute atomic E-state index is 9.62. The number of aromatic nitrogens is 1. The molecule has 0 aromatic carbocycles. The molecule has 2 rings (SSSR count). The van der Waals surface area contributed by atoms with Crippen LogP contribution in [0.4, 0.5) is 10.1 Å². The van der Waals surface area contributed by atoms with E-state index in [1.54, 1.807) is 6.20 Å². The molecule has 3 N–H and O–H groups in total. The van der Waals surface area contributed by atoms with E-state index < -0.39 is 0 Å². The van der Waals surface area contributed by atoms with Crippen LogP contribution in [0.25, 0.3) is 0 Å². The molecule has 1 aliphatic heterocycles. The van der Waals surface area contributed by atoms with E-state index in [0.717, 1.165) is 23.1 Å². The molecule has 5 heteroatoms. The van der Waals surface area contributed by atoms with Gasteiger partial charge >= 0.3 is 0 Å². The second kappa shape index (κ2) is 3.74. The van der Waals surface area contributed by atoms with E-state index in [1.807, 2.05) is 0 Å². The average Bonchev–Trinajstić information content (AvgIpc) is 2.50. The largest absolute Gasteiger partial charge is 0.391 e. The zero-order valence-corrected chi connectivity index (χ0v) is 9.00. The lowest BCUT2D eigenvalue weighted by atomic mass is 9.98. The van der Waals surface area contributed by atoms with Gasteiger partial charge in [0.2, 0.25) is 0 Å². The zero-order chi connectivity index (χ0) is 10.1. The summed E-state index contributed by atoms with van der Waals surface area (Å²) < 4.78 is 0. The highest BCUT2D eigenvalue weighted by molar-refractivity contribution is 7.19. The summed E-state index contributed by atoms with van der Waals surface area (Å²) in [6.07, 6.45) is 2.33. The lowest BCUT2D eigenvalue weighted by molar-refractivity contribution is 0.132. The second-order valence-corrected chi connectivity index (χ2v) is 4.99. The van der Waals surface area contributed by atoms with Gasteiger partial charge in [-0.25, -0.2) is 4.98 Å². The molecule has 2 unspecified atom stereocenters. The topological polar surface area (TPSA) is 62.4 Å². The average molecular weight is 213 g/mol. The third-order valence-electron chi connectivity index (χ3n) is 2.42. The summed E-state index contributed by atoms with van der Waals surface area (Å²) in [5.41, 5.74) is 5.62. The number of piperidine rings is 1. The summed E-state index contributed by atoms with van der Waals surface area (Å²) in [4.78, 5) is 6.33. The number of hydrogen-bond acceptors (Lipinski definition) is 5. The van der Waals surface area contributed by atoms with Crippen LogP contribution in [0.1, 0.15) is 13.3 Å². The highest BCUT2D eigenvalue weighted by Gasteiger charge is 2.24. The Balaban J connectivity index is 2.10.